The van der Waals surface area contributed by atoms with Crippen molar-refractivity contribution in [2.75, 3.05) is 18.4 Å². The number of carbonyl (C=O) groups excluding carboxylic acids is 1. The monoisotopic (exact) mass is 357 g/mol. The summed E-state index contributed by atoms with van der Waals surface area (Å²) in [4.78, 5) is 18.1. The Kier molecular flexibility index (Phi) is 3.92. The van der Waals surface area contributed by atoms with Gasteiger partial charge in [-0.1, -0.05) is 6.92 Å². The van der Waals surface area contributed by atoms with E-state index >= 15 is 0 Å². The topological polar surface area (TPSA) is 63.1 Å². The van der Waals surface area contributed by atoms with Gasteiger partial charge in [-0.25, -0.2) is 4.68 Å². The number of carbonyl (C=O) groups is 1. The fourth-order valence-electron chi connectivity index (χ4n) is 4.15. The van der Waals surface area contributed by atoms with Gasteiger partial charge in [0.1, 0.15) is 6.33 Å². The van der Waals surface area contributed by atoms with Gasteiger partial charge in [0.15, 0.2) is 6.04 Å². The number of alkyl halides is 3. The molecule has 1 saturated carbocycles. The number of nitrogens with zero attached hydrogens (tertiary/aromatic N) is 4. The minimum absolute atomic E-state index is 0.0435. The molecule has 1 aliphatic carbocycles. The van der Waals surface area contributed by atoms with Crippen molar-refractivity contribution in [1.29, 1.82) is 0 Å². The van der Waals surface area contributed by atoms with Crippen molar-refractivity contribution in [3.05, 3.63) is 6.33 Å². The van der Waals surface area contributed by atoms with Crippen LogP contribution < -0.4 is 5.32 Å². The molecule has 4 rings (SSSR count). The molecule has 3 heterocycles. The number of likely N-dealkylation sites (tertiary alicyclic amines) is 1. The quantitative estimate of drug-likeness (QED) is 0.883. The lowest BCUT2D eigenvalue weighted by molar-refractivity contribution is -0.174. The van der Waals surface area contributed by atoms with E-state index in [0.29, 0.717) is 19.0 Å². The zero-order chi connectivity index (χ0) is 17.8. The zero-order valence-electron chi connectivity index (χ0n) is 14.0. The molecule has 0 radical (unpaired) electrons. The van der Waals surface area contributed by atoms with Gasteiger partial charge in [-0.3, -0.25) is 4.79 Å². The number of amides is 1. The van der Waals surface area contributed by atoms with Crippen LogP contribution in [0.4, 0.5) is 19.1 Å². The zero-order valence-corrected chi connectivity index (χ0v) is 14.0. The summed E-state index contributed by atoms with van der Waals surface area (Å²) < 4.78 is 41.0. The highest BCUT2D eigenvalue weighted by atomic mass is 19.4. The standard InChI is InChI=1S/C16H22F3N5O/c1-9-6-11(9)14(25)23-4-2-10(3-5-23)12-7-13(16(17,18)19)24-15(22-12)20-8-21-24/h8-13H,2-7H2,1H3,(H,20,21,22)/t9?,11?,12-,13+/m0/s1. The van der Waals surface area contributed by atoms with Crippen molar-refractivity contribution in [1.82, 2.24) is 19.7 Å². The molecule has 3 aliphatic rings. The van der Waals surface area contributed by atoms with E-state index in [1.807, 2.05) is 4.90 Å². The SMILES string of the molecule is CC1CC1C(=O)N1CCC([C@@H]2C[C@H](C(F)(F)F)n3ncnc3N2)CC1. The number of hydrogen-bond acceptors (Lipinski definition) is 4. The third-order valence-electron chi connectivity index (χ3n) is 5.88. The Balaban J connectivity index is 1.41. The summed E-state index contributed by atoms with van der Waals surface area (Å²) in [5, 5.41) is 6.84. The molecule has 0 bridgehead atoms. The van der Waals surface area contributed by atoms with Crippen LogP contribution in [0.5, 0.6) is 0 Å². The normalized spacial score (nSPS) is 32.9. The number of fused-ring (bicyclic) bond motifs is 1. The van der Waals surface area contributed by atoms with Crippen LogP contribution in [0.3, 0.4) is 0 Å². The van der Waals surface area contributed by atoms with Crippen LogP contribution in [0.25, 0.3) is 0 Å². The van der Waals surface area contributed by atoms with Crippen LogP contribution in [0.1, 0.15) is 38.6 Å². The average Bonchev–Trinajstić information content (AvgIpc) is 3.12. The fourth-order valence-corrected chi connectivity index (χ4v) is 4.15. The van der Waals surface area contributed by atoms with Crippen LogP contribution in [-0.4, -0.2) is 50.9 Å². The van der Waals surface area contributed by atoms with E-state index in [2.05, 4.69) is 22.3 Å². The third kappa shape index (κ3) is 3.08. The molecule has 1 aromatic heterocycles. The van der Waals surface area contributed by atoms with Gasteiger partial charge in [-0.05, 0) is 37.5 Å². The van der Waals surface area contributed by atoms with Gasteiger partial charge in [-0.15, -0.1) is 0 Å². The number of nitrogens with one attached hydrogen (secondary N) is 1. The van der Waals surface area contributed by atoms with Gasteiger partial charge in [-0.2, -0.15) is 23.3 Å². The van der Waals surface area contributed by atoms with Crippen molar-refractivity contribution in [3.63, 3.8) is 0 Å². The van der Waals surface area contributed by atoms with Gasteiger partial charge in [0.05, 0.1) is 0 Å². The molecule has 4 atom stereocenters. The largest absolute Gasteiger partial charge is 0.411 e. The summed E-state index contributed by atoms with van der Waals surface area (Å²) in [6.45, 7) is 3.34. The van der Waals surface area contributed by atoms with Crippen molar-refractivity contribution >= 4 is 11.9 Å². The Bertz CT molecular complexity index is 652. The maximum Gasteiger partial charge on any atom is 0.411 e. The van der Waals surface area contributed by atoms with E-state index < -0.39 is 12.2 Å². The number of anilines is 1. The van der Waals surface area contributed by atoms with Gasteiger partial charge in [0, 0.05) is 25.0 Å². The van der Waals surface area contributed by atoms with Crippen LogP contribution in [0.2, 0.25) is 0 Å². The average molecular weight is 357 g/mol. The van der Waals surface area contributed by atoms with E-state index in [1.54, 1.807) is 0 Å². The summed E-state index contributed by atoms with van der Waals surface area (Å²) in [6.07, 6.45) is -0.820. The number of halogens is 3. The van der Waals surface area contributed by atoms with E-state index in [0.717, 1.165) is 30.3 Å². The van der Waals surface area contributed by atoms with Crippen LogP contribution in [0.15, 0.2) is 6.33 Å². The maximum atomic E-state index is 13.4. The van der Waals surface area contributed by atoms with Crippen LogP contribution >= 0.6 is 0 Å². The predicted octanol–water partition coefficient (Wildman–Crippen LogP) is 2.46. The number of piperidine rings is 1. The second-order valence-electron chi connectivity index (χ2n) is 7.55. The first-order chi connectivity index (χ1) is 11.8. The second-order valence-corrected chi connectivity index (χ2v) is 7.55. The van der Waals surface area contributed by atoms with Crippen molar-refractivity contribution < 1.29 is 18.0 Å². The van der Waals surface area contributed by atoms with Gasteiger partial charge in [0.2, 0.25) is 11.9 Å². The molecule has 2 unspecified atom stereocenters. The Morgan fingerprint density at radius 1 is 1.28 bits per heavy atom. The van der Waals surface area contributed by atoms with Gasteiger partial charge < -0.3 is 10.2 Å². The molecule has 0 aromatic carbocycles. The minimum Gasteiger partial charge on any atom is -0.351 e. The summed E-state index contributed by atoms with van der Waals surface area (Å²) in [5.74, 6) is 1.15. The van der Waals surface area contributed by atoms with E-state index in [4.69, 9.17) is 0 Å². The lowest BCUT2D eigenvalue weighted by Crippen LogP contribution is -2.47. The number of rotatable bonds is 2. The fraction of sp³-hybridized carbons (Fsp3) is 0.812. The van der Waals surface area contributed by atoms with Gasteiger partial charge >= 0.3 is 6.18 Å². The Labute approximate surface area is 143 Å². The lowest BCUT2D eigenvalue weighted by atomic mass is 9.85. The smallest absolute Gasteiger partial charge is 0.351 e. The first kappa shape index (κ1) is 16.7. The van der Waals surface area contributed by atoms with Crippen molar-refractivity contribution in [2.45, 2.75) is 50.9 Å². The molecule has 1 aromatic rings. The summed E-state index contributed by atoms with van der Waals surface area (Å²) in [5.41, 5.74) is 0. The second kappa shape index (κ2) is 5.88. The highest BCUT2D eigenvalue weighted by molar-refractivity contribution is 5.81. The van der Waals surface area contributed by atoms with Crippen LogP contribution in [0, 0.1) is 17.8 Å². The van der Waals surface area contributed by atoms with Gasteiger partial charge in [0.25, 0.3) is 0 Å². The summed E-state index contributed by atoms with van der Waals surface area (Å²) >= 11 is 0. The van der Waals surface area contributed by atoms with Crippen molar-refractivity contribution in [3.8, 4) is 0 Å². The molecular weight excluding hydrogens is 335 g/mol. The van der Waals surface area contributed by atoms with E-state index in [9.17, 15) is 18.0 Å². The molecule has 6 nitrogen and oxygen atoms in total. The molecule has 9 heteroatoms. The molecular formula is C16H22F3N5O. The lowest BCUT2D eigenvalue weighted by Gasteiger charge is -2.40. The first-order valence-corrected chi connectivity index (χ1v) is 8.86. The minimum atomic E-state index is -4.35. The molecule has 1 saturated heterocycles. The molecule has 1 N–H and O–H groups in total. The number of aromatic nitrogens is 3. The Morgan fingerprint density at radius 3 is 2.56 bits per heavy atom. The van der Waals surface area contributed by atoms with E-state index in [-0.39, 0.29) is 36.2 Å². The van der Waals surface area contributed by atoms with E-state index in [1.165, 1.54) is 0 Å². The molecule has 2 fully saturated rings. The Hall–Kier alpha value is -1.80. The molecule has 1 amide bonds. The van der Waals surface area contributed by atoms with Crippen molar-refractivity contribution in [2.24, 2.45) is 17.8 Å². The molecule has 2 aliphatic heterocycles. The highest BCUT2D eigenvalue weighted by Gasteiger charge is 2.48. The number of hydrogen-bond donors (Lipinski definition) is 1. The predicted molar refractivity (Wildman–Crippen MR) is 83.7 cm³/mol. The third-order valence-corrected chi connectivity index (χ3v) is 5.88. The molecule has 138 valence electrons. The summed E-state index contributed by atoms with van der Waals surface area (Å²) in [7, 11) is 0. The maximum absolute atomic E-state index is 13.4. The first-order valence-electron chi connectivity index (χ1n) is 8.86. The highest BCUT2D eigenvalue weighted by Crippen LogP contribution is 2.42. The van der Waals surface area contributed by atoms with Crippen LogP contribution in [-0.2, 0) is 4.79 Å². The molecule has 0 spiro atoms. The molecule has 25 heavy (non-hydrogen) atoms. The summed E-state index contributed by atoms with van der Waals surface area (Å²) in [6, 6.07) is -1.93. The Morgan fingerprint density at radius 2 is 1.96 bits per heavy atom.